The molecule has 0 aliphatic rings. The van der Waals surface area contributed by atoms with E-state index in [9.17, 15) is 10.2 Å². The standard InChI is InChI=1S/C36H25N3OS.C36H24N3OS.C2H4O2.4ClH.2K.2Pt/c2*40-32-20-7-5-17-30(32)36-38-35-29(18-11-21-33(35)41-36)26-14-10-15-27(24-26)39(34-22-8-9-23-37-34)31-19-6-4-16-28(31)25-12-2-1-3-13-25;1-2(3)4;;;;;;;;/h1-24,40H;1-23,40H;1H3,(H,3,4);4*1H;;;;/q;-1;;;;;;;;;+4/p-4. The van der Waals surface area contributed by atoms with Gasteiger partial charge in [-0.25, -0.2) is 19.9 Å². The maximum atomic E-state index is 10.4. The molecule has 0 amide bonds. The Morgan fingerprint density at radius 2 is 0.830 bits per heavy atom. The smallest absolute Gasteiger partial charge is 0 e. The minimum Gasteiger partial charge on any atom is 0 e. The molecule has 0 saturated carbocycles. The third kappa shape index (κ3) is 19.1. The number of pyridine rings is 2. The number of phenolic OH excluding ortho intramolecular Hbond substituents is 2. The predicted molar refractivity (Wildman–Crippen MR) is 387 cm³/mol. The Bertz CT molecular complexity index is 4500. The number of aromatic hydroxyl groups is 2. The summed E-state index contributed by atoms with van der Waals surface area (Å²) in [7, 11) is 20.0. The minimum absolute atomic E-state index is 0. The Morgan fingerprint density at radius 1 is 0.447 bits per heavy atom. The van der Waals surface area contributed by atoms with Gasteiger partial charge in [0.1, 0.15) is 33.1 Å². The van der Waals surface area contributed by atoms with Crippen LogP contribution >= 0.6 is 60.3 Å². The van der Waals surface area contributed by atoms with Crippen molar-refractivity contribution in [3.05, 3.63) is 291 Å². The molecule has 0 aliphatic heterocycles. The van der Waals surface area contributed by atoms with Gasteiger partial charge in [-0.05, 0) is 107 Å². The fourth-order valence-electron chi connectivity index (χ4n) is 10.2. The van der Waals surface area contributed by atoms with Crippen LogP contribution in [-0.4, -0.2) is 104 Å². The van der Waals surface area contributed by atoms with Gasteiger partial charge in [-0.15, -0.1) is 52.5 Å². The fourth-order valence-corrected chi connectivity index (χ4v) is 12.3. The molecular formula is C74H53Cl4K2N6O4Pt2S2-. The summed E-state index contributed by atoms with van der Waals surface area (Å²) in [6.45, 7) is 1.08. The number of thiazole rings is 2. The molecule has 4 heterocycles. The van der Waals surface area contributed by atoms with Crippen molar-refractivity contribution in [1.29, 1.82) is 0 Å². The Balaban J connectivity index is 0.000000190. The zero-order valence-corrected chi connectivity index (χ0v) is 66.0. The van der Waals surface area contributed by atoms with Gasteiger partial charge in [-0.3, -0.25) is 9.69 Å². The summed E-state index contributed by atoms with van der Waals surface area (Å²) < 4.78 is 2.12. The normalized spacial score (nSPS) is 10.8. The van der Waals surface area contributed by atoms with Crippen LogP contribution in [-0.2, 0) is 37.8 Å². The van der Waals surface area contributed by atoms with E-state index in [1.807, 2.05) is 103 Å². The first-order valence-corrected chi connectivity index (χ1v) is 58.0. The van der Waals surface area contributed by atoms with Crippen molar-refractivity contribution in [1.82, 2.24) is 19.9 Å². The molecule has 14 aromatic rings. The van der Waals surface area contributed by atoms with Gasteiger partial charge in [-0.1, -0.05) is 175 Å². The Morgan fingerprint density at radius 3 is 1.32 bits per heavy atom. The van der Waals surface area contributed by atoms with Crippen LogP contribution in [0.25, 0.3) is 86.1 Å². The zero-order valence-electron chi connectivity index (χ0n) is 50.5. The van der Waals surface area contributed by atoms with Crippen LogP contribution in [0.5, 0.6) is 11.5 Å². The van der Waals surface area contributed by atoms with Gasteiger partial charge in [0, 0.05) is 73.0 Å². The number of carboxylic acids is 1. The number of hydrogen-bond donors (Lipinski definition) is 3. The number of para-hydroxylation sites is 6. The average Bonchev–Trinajstić information content (AvgIpc) is 1.30. The molecule has 0 aliphatic carbocycles. The number of rotatable bonds is 12. The predicted octanol–water partition coefficient (Wildman–Crippen LogP) is 21.6. The minimum atomic E-state index is -3.06. The summed E-state index contributed by atoms with van der Waals surface area (Å²) >= 11 is 2.60. The fraction of sp³-hybridized carbons (Fsp3) is 0.0135. The number of aliphatic carboxylic acids is 1. The van der Waals surface area contributed by atoms with Gasteiger partial charge in [0.15, 0.2) is 0 Å². The molecule has 0 unspecified atom stereocenters. The van der Waals surface area contributed by atoms with Crippen molar-refractivity contribution in [2.45, 2.75) is 6.92 Å². The van der Waals surface area contributed by atoms with Crippen molar-refractivity contribution >= 4 is 184 Å². The number of carboxylic acid groups (broad SMARTS) is 1. The second-order valence-electron chi connectivity index (χ2n) is 20.0. The van der Waals surface area contributed by atoms with Crippen LogP contribution in [0.15, 0.2) is 285 Å². The maximum Gasteiger partial charge on any atom is 0 e. The van der Waals surface area contributed by atoms with Gasteiger partial charge in [-0.2, -0.15) is 0 Å². The van der Waals surface area contributed by atoms with E-state index in [4.69, 9.17) is 67.5 Å². The van der Waals surface area contributed by atoms with Gasteiger partial charge < -0.3 is 20.2 Å². The molecular weight excluding hydrogens is 1710 g/mol. The molecule has 0 atom stereocenters. The number of hydrogen-bond acceptors (Lipinski definition) is 11. The summed E-state index contributed by atoms with van der Waals surface area (Å²) in [5.74, 6) is 1.27. The molecule has 14 rings (SSSR count). The Hall–Kier alpha value is -5.24. The summed E-state index contributed by atoms with van der Waals surface area (Å²) in [5.41, 5.74) is 15.7. The second kappa shape index (κ2) is 35.8. The number of anilines is 6. The molecule has 10 nitrogen and oxygen atoms in total. The van der Waals surface area contributed by atoms with Crippen molar-refractivity contribution in [2.75, 3.05) is 9.80 Å². The monoisotopic (exact) mass is 1760 g/mol. The first kappa shape index (κ1) is 73.0. The number of benzene rings is 10. The first-order valence-electron chi connectivity index (χ1n) is 29.1. The first-order chi connectivity index (χ1) is 45.3. The van der Waals surface area contributed by atoms with Gasteiger partial charge >= 0.3 is 113 Å². The van der Waals surface area contributed by atoms with Crippen LogP contribution in [0.3, 0.4) is 0 Å². The van der Waals surface area contributed by atoms with Gasteiger partial charge in [0.2, 0.25) is 0 Å². The number of aromatic nitrogens is 4. The number of fused-ring (bicyclic) bond motifs is 2. The molecule has 0 radical (unpaired) electrons. The Kier molecular flexibility index (Phi) is 27.8. The van der Waals surface area contributed by atoms with E-state index in [1.165, 1.54) is 63.2 Å². The number of nitrogens with zero attached hydrogens (tertiary/aromatic N) is 6. The van der Waals surface area contributed by atoms with Crippen LogP contribution < -0.4 is 9.80 Å². The summed E-state index contributed by atoms with van der Waals surface area (Å²) in [6.07, 6.45) is 3.64. The second-order valence-corrected chi connectivity index (χ2v) is 41.7. The van der Waals surface area contributed by atoms with E-state index >= 15 is 0 Å². The van der Waals surface area contributed by atoms with E-state index in [-0.39, 0.29) is 32.6 Å². The summed E-state index contributed by atoms with van der Waals surface area (Å²) in [6, 6.07) is 95.1. The van der Waals surface area contributed by atoms with Gasteiger partial charge in [0.25, 0.3) is 5.97 Å². The van der Waals surface area contributed by atoms with Crippen molar-refractivity contribution in [2.24, 2.45) is 0 Å². The van der Waals surface area contributed by atoms with Crippen LogP contribution in [0.1, 0.15) is 6.92 Å². The van der Waals surface area contributed by atoms with E-state index < -0.39 is 17.9 Å². The van der Waals surface area contributed by atoms with Crippen molar-refractivity contribution < 1.29 is 53.1 Å². The molecule has 0 spiro atoms. The number of carbonyl (C=O) groups is 1. The summed E-state index contributed by atoms with van der Waals surface area (Å²) in [5, 5.41) is 29.9. The SMILES string of the molecule is CC(=O)O.Oc1ccccc1-c1nc2c(-c3[c-]c(N(c4ccccn4)c4ccccc4-c4ccccc4)ccc3)cccc2s1.Oc1ccccc1-c1nc2c(-c3cccc(N(c4ccccn4)c4ccccc4-c4ccccc4)c3)cccc2s1.[Cl][Pt]([Cl])([Cl])[Cl].[K][K].[Pt]. The zero-order chi connectivity index (χ0) is 65.3. The molecule has 0 fully saturated rings. The number of phenols is 2. The largest absolute Gasteiger partial charge is 0 e. The number of halogens is 4. The topological polar surface area (TPSA) is 136 Å². The third-order valence-electron chi connectivity index (χ3n) is 14.0. The van der Waals surface area contributed by atoms with Crippen LogP contribution in [0.2, 0.25) is 0 Å². The molecule has 4 aromatic heterocycles. The molecule has 20 heteroatoms. The molecule has 94 heavy (non-hydrogen) atoms. The Labute approximate surface area is 632 Å². The van der Waals surface area contributed by atoms with E-state index in [1.54, 1.807) is 34.8 Å². The maximum absolute atomic E-state index is 10.4. The third-order valence-corrected chi connectivity index (χ3v) is 16.2. The summed E-state index contributed by atoms with van der Waals surface area (Å²) in [4.78, 5) is 32.8. The molecule has 0 bridgehead atoms. The van der Waals surface area contributed by atoms with E-state index in [0.29, 0.717) is 0 Å². The molecule has 466 valence electrons. The van der Waals surface area contributed by atoms with E-state index in [2.05, 4.69) is 186 Å². The van der Waals surface area contributed by atoms with Crippen molar-refractivity contribution in [3.63, 3.8) is 0 Å². The van der Waals surface area contributed by atoms with Crippen LogP contribution in [0.4, 0.5) is 34.4 Å². The average molecular weight is 1760 g/mol. The van der Waals surface area contributed by atoms with Crippen LogP contribution in [0, 0.1) is 6.07 Å². The molecule has 0 saturated heterocycles. The van der Waals surface area contributed by atoms with E-state index in [0.717, 1.165) is 127 Å². The molecule has 10 aromatic carbocycles. The van der Waals surface area contributed by atoms with Crippen molar-refractivity contribution in [3.8, 4) is 77.1 Å². The van der Waals surface area contributed by atoms with Gasteiger partial charge in [0.05, 0.1) is 32.7 Å². The quantitative estimate of drug-likeness (QED) is 0.0801. The molecule has 3 N–H and O–H groups in total.